The number of nitrogens with one attached hydrogen (secondary N) is 2. The van der Waals surface area contributed by atoms with E-state index in [4.69, 9.17) is 11.6 Å². The van der Waals surface area contributed by atoms with Gasteiger partial charge in [-0.3, -0.25) is 9.59 Å². The van der Waals surface area contributed by atoms with Crippen LogP contribution in [0.1, 0.15) is 15.9 Å². The van der Waals surface area contributed by atoms with E-state index in [-0.39, 0.29) is 18.4 Å². The van der Waals surface area contributed by atoms with Crippen molar-refractivity contribution in [1.29, 1.82) is 0 Å². The lowest BCUT2D eigenvalue weighted by Gasteiger charge is -2.08. The largest absolute Gasteiger partial charge is 0.350 e. The standard InChI is InChI=1S/C18H16ClN5O2/c19-15-4-1-3-14(9-15)18(26)22-12-17(25)21-11-13-5-6-16(20-10-13)24-8-2-7-23-24/h1-10H,11-12H2,(H,21,25)(H,22,26). The van der Waals surface area contributed by atoms with Crippen LogP contribution in [0.2, 0.25) is 5.02 Å². The molecular weight excluding hydrogens is 354 g/mol. The Morgan fingerprint density at radius 3 is 2.69 bits per heavy atom. The van der Waals surface area contributed by atoms with E-state index in [1.165, 1.54) is 0 Å². The van der Waals surface area contributed by atoms with Gasteiger partial charge in [-0.1, -0.05) is 23.7 Å². The molecule has 0 bridgehead atoms. The molecule has 2 amide bonds. The van der Waals surface area contributed by atoms with Gasteiger partial charge in [0.25, 0.3) is 5.91 Å². The molecule has 0 fully saturated rings. The van der Waals surface area contributed by atoms with Crippen LogP contribution in [0, 0.1) is 0 Å². The van der Waals surface area contributed by atoms with E-state index >= 15 is 0 Å². The fourth-order valence-electron chi connectivity index (χ4n) is 2.22. The number of nitrogens with zero attached hydrogens (tertiary/aromatic N) is 3. The molecule has 0 saturated carbocycles. The van der Waals surface area contributed by atoms with Crippen molar-refractivity contribution in [2.75, 3.05) is 6.54 Å². The minimum atomic E-state index is -0.354. The van der Waals surface area contributed by atoms with Gasteiger partial charge in [0.15, 0.2) is 5.82 Å². The van der Waals surface area contributed by atoms with Gasteiger partial charge in [0.2, 0.25) is 5.91 Å². The van der Waals surface area contributed by atoms with Gasteiger partial charge >= 0.3 is 0 Å². The van der Waals surface area contributed by atoms with Crippen molar-refractivity contribution < 1.29 is 9.59 Å². The number of aromatic nitrogens is 3. The van der Waals surface area contributed by atoms with Crippen LogP contribution in [0.15, 0.2) is 61.1 Å². The molecule has 7 nitrogen and oxygen atoms in total. The lowest BCUT2D eigenvalue weighted by Crippen LogP contribution is -2.36. The first kappa shape index (κ1) is 17.6. The third-order valence-corrected chi connectivity index (χ3v) is 3.77. The van der Waals surface area contributed by atoms with Crippen LogP contribution >= 0.6 is 11.6 Å². The molecule has 2 N–H and O–H groups in total. The number of hydrogen-bond acceptors (Lipinski definition) is 4. The first-order valence-corrected chi connectivity index (χ1v) is 8.25. The Morgan fingerprint density at radius 1 is 1.12 bits per heavy atom. The summed E-state index contributed by atoms with van der Waals surface area (Å²) in [5, 5.41) is 9.85. The molecule has 0 spiro atoms. The van der Waals surface area contributed by atoms with Crippen LogP contribution in [-0.4, -0.2) is 33.1 Å². The summed E-state index contributed by atoms with van der Waals surface area (Å²) in [6, 6.07) is 12.0. The Hall–Kier alpha value is -3.19. The fourth-order valence-corrected chi connectivity index (χ4v) is 2.41. The predicted octanol–water partition coefficient (Wildman–Crippen LogP) is 1.97. The lowest BCUT2D eigenvalue weighted by molar-refractivity contribution is -0.120. The van der Waals surface area contributed by atoms with Crippen LogP contribution in [0.5, 0.6) is 0 Å². The second kappa shape index (κ2) is 8.26. The number of halogens is 1. The van der Waals surface area contributed by atoms with Crippen molar-refractivity contribution in [3.63, 3.8) is 0 Å². The average Bonchev–Trinajstić information content (AvgIpc) is 3.19. The maximum absolute atomic E-state index is 12.0. The summed E-state index contributed by atoms with van der Waals surface area (Å²) in [6.45, 7) is 0.197. The molecule has 8 heteroatoms. The molecular formula is C18H16ClN5O2. The van der Waals surface area contributed by atoms with Crippen molar-refractivity contribution >= 4 is 23.4 Å². The molecule has 2 aromatic heterocycles. The SMILES string of the molecule is O=C(CNC(=O)c1cccc(Cl)c1)NCc1ccc(-n2cccn2)nc1. The highest BCUT2D eigenvalue weighted by Crippen LogP contribution is 2.10. The second-order valence-corrected chi connectivity index (χ2v) is 5.88. The molecule has 0 atom stereocenters. The zero-order valence-corrected chi connectivity index (χ0v) is 14.5. The first-order valence-electron chi connectivity index (χ1n) is 7.87. The normalized spacial score (nSPS) is 10.3. The first-order chi connectivity index (χ1) is 12.6. The van der Waals surface area contributed by atoms with Gasteiger partial charge in [0.1, 0.15) is 0 Å². The monoisotopic (exact) mass is 369 g/mol. The van der Waals surface area contributed by atoms with E-state index in [0.29, 0.717) is 22.9 Å². The highest BCUT2D eigenvalue weighted by atomic mass is 35.5. The van der Waals surface area contributed by atoms with Crippen LogP contribution in [0.3, 0.4) is 0 Å². The summed E-state index contributed by atoms with van der Waals surface area (Å²) in [6.07, 6.45) is 5.14. The molecule has 0 unspecified atom stereocenters. The summed E-state index contributed by atoms with van der Waals surface area (Å²) < 4.78 is 1.65. The summed E-state index contributed by atoms with van der Waals surface area (Å²) in [4.78, 5) is 28.1. The Kier molecular flexibility index (Phi) is 5.60. The summed E-state index contributed by atoms with van der Waals surface area (Å²) in [5.74, 6) is 0.0447. The molecule has 0 saturated heterocycles. The number of rotatable bonds is 6. The molecule has 2 heterocycles. The zero-order chi connectivity index (χ0) is 18.4. The number of benzene rings is 1. The van der Waals surface area contributed by atoms with Gasteiger partial charge in [-0.15, -0.1) is 0 Å². The van der Waals surface area contributed by atoms with Crippen LogP contribution in [0.25, 0.3) is 5.82 Å². The Labute approximate surface area is 155 Å². The molecule has 0 aliphatic rings. The van der Waals surface area contributed by atoms with Crippen LogP contribution in [0.4, 0.5) is 0 Å². The minimum Gasteiger partial charge on any atom is -0.350 e. The third kappa shape index (κ3) is 4.67. The quantitative estimate of drug-likeness (QED) is 0.695. The number of carbonyl (C=O) groups excluding carboxylic acids is 2. The molecule has 0 radical (unpaired) electrons. The van der Waals surface area contributed by atoms with Crippen LogP contribution in [-0.2, 0) is 11.3 Å². The predicted molar refractivity (Wildman–Crippen MR) is 97.0 cm³/mol. The number of carbonyl (C=O) groups is 2. The van der Waals surface area contributed by atoms with Gasteiger partial charge in [-0.05, 0) is 35.9 Å². The van der Waals surface area contributed by atoms with Gasteiger partial charge in [-0.25, -0.2) is 9.67 Å². The van der Waals surface area contributed by atoms with Gasteiger partial charge < -0.3 is 10.6 Å². The zero-order valence-electron chi connectivity index (χ0n) is 13.7. The molecule has 132 valence electrons. The van der Waals surface area contributed by atoms with E-state index in [1.54, 1.807) is 47.5 Å². The Balaban J connectivity index is 1.46. The van der Waals surface area contributed by atoms with E-state index in [1.807, 2.05) is 18.2 Å². The Morgan fingerprint density at radius 2 is 2.00 bits per heavy atom. The van der Waals surface area contributed by atoms with Crippen LogP contribution < -0.4 is 10.6 Å². The molecule has 1 aromatic carbocycles. The summed E-state index contributed by atoms with van der Waals surface area (Å²) in [5.41, 5.74) is 1.25. The van der Waals surface area contributed by atoms with E-state index < -0.39 is 0 Å². The number of amides is 2. The van der Waals surface area contributed by atoms with Gasteiger partial charge in [-0.2, -0.15) is 5.10 Å². The summed E-state index contributed by atoms with van der Waals surface area (Å²) in [7, 11) is 0. The number of pyridine rings is 1. The maximum atomic E-state index is 12.0. The summed E-state index contributed by atoms with van der Waals surface area (Å²) >= 11 is 5.84. The molecule has 0 aliphatic heterocycles. The number of hydrogen-bond donors (Lipinski definition) is 2. The Bertz CT molecular complexity index is 894. The van der Waals surface area contributed by atoms with Gasteiger partial charge in [0.05, 0.1) is 6.54 Å². The van der Waals surface area contributed by atoms with Crippen molar-refractivity contribution in [3.05, 3.63) is 77.2 Å². The lowest BCUT2D eigenvalue weighted by atomic mass is 10.2. The van der Waals surface area contributed by atoms with E-state index in [9.17, 15) is 9.59 Å². The van der Waals surface area contributed by atoms with Crippen molar-refractivity contribution in [2.24, 2.45) is 0 Å². The molecule has 26 heavy (non-hydrogen) atoms. The maximum Gasteiger partial charge on any atom is 0.251 e. The second-order valence-electron chi connectivity index (χ2n) is 5.45. The smallest absolute Gasteiger partial charge is 0.251 e. The molecule has 3 rings (SSSR count). The fraction of sp³-hybridized carbons (Fsp3) is 0.111. The highest BCUT2D eigenvalue weighted by Gasteiger charge is 2.08. The molecule has 0 aliphatic carbocycles. The highest BCUT2D eigenvalue weighted by molar-refractivity contribution is 6.30. The van der Waals surface area contributed by atoms with Gasteiger partial charge in [0, 0.05) is 35.7 Å². The molecule has 3 aromatic rings. The minimum absolute atomic E-state index is 0.121. The van der Waals surface area contributed by atoms with Crippen molar-refractivity contribution in [3.8, 4) is 5.82 Å². The van der Waals surface area contributed by atoms with Crippen molar-refractivity contribution in [2.45, 2.75) is 6.54 Å². The average molecular weight is 370 g/mol. The van der Waals surface area contributed by atoms with E-state index in [0.717, 1.165) is 5.56 Å². The third-order valence-electron chi connectivity index (χ3n) is 3.53. The van der Waals surface area contributed by atoms with Crippen molar-refractivity contribution in [1.82, 2.24) is 25.4 Å². The topological polar surface area (TPSA) is 88.9 Å². The van der Waals surface area contributed by atoms with E-state index in [2.05, 4.69) is 20.7 Å².